The maximum Gasteiger partial charge on any atom is 0.325 e. The van der Waals surface area contributed by atoms with Crippen LogP contribution in [0.3, 0.4) is 0 Å². The van der Waals surface area contributed by atoms with E-state index in [0.717, 1.165) is 16.4 Å². The van der Waals surface area contributed by atoms with Crippen molar-refractivity contribution in [2.75, 3.05) is 6.54 Å². The quantitative estimate of drug-likeness (QED) is 0.872. The van der Waals surface area contributed by atoms with Crippen LogP contribution in [-0.4, -0.2) is 35.9 Å². The number of benzene rings is 1. The van der Waals surface area contributed by atoms with Crippen molar-refractivity contribution >= 4 is 31.9 Å². The number of carboxylic acid groups (broad SMARTS) is 1. The molecule has 116 valence electrons. The zero-order valence-electron chi connectivity index (χ0n) is 11.3. The van der Waals surface area contributed by atoms with Crippen LogP contribution in [0.5, 0.6) is 0 Å². The first-order valence-electron chi connectivity index (χ1n) is 6.47. The number of carbonyl (C=O) groups is 1. The first kappa shape index (κ1) is 16.4. The van der Waals surface area contributed by atoms with E-state index in [1.54, 1.807) is 6.92 Å². The summed E-state index contributed by atoms with van der Waals surface area (Å²) in [6, 6.07) is 3.62. The standard InChI is InChI=1S/C13H15BrFNO4S/c1-2-13(12(17)18)6-3-7-16(13)21(19,20)11-5-4-9(14)8-10(11)15/h4-5,8H,2-3,6-7H2,1H3,(H,17,18). The van der Waals surface area contributed by atoms with Crippen LogP contribution in [0, 0.1) is 5.82 Å². The molecule has 1 saturated heterocycles. The maximum atomic E-state index is 14.0. The molecule has 0 saturated carbocycles. The van der Waals surface area contributed by atoms with E-state index >= 15 is 0 Å². The van der Waals surface area contributed by atoms with Gasteiger partial charge in [-0.3, -0.25) is 4.79 Å². The van der Waals surface area contributed by atoms with Gasteiger partial charge in [0, 0.05) is 11.0 Å². The van der Waals surface area contributed by atoms with Crippen molar-refractivity contribution in [2.24, 2.45) is 0 Å². The number of hydrogen-bond donors (Lipinski definition) is 1. The summed E-state index contributed by atoms with van der Waals surface area (Å²) in [4.78, 5) is 11.1. The van der Waals surface area contributed by atoms with E-state index in [9.17, 15) is 22.7 Å². The SMILES string of the molecule is CCC1(C(=O)O)CCCN1S(=O)(=O)c1ccc(Br)cc1F. The van der Waals surface area contributed by atoms with Crippen LogP contribution >= 0.6 is 15.9 Å². The van der Waals surface area contributed by atoms with Crippen molar-refractivity contribution in [3.8, 4) is 0 Å². The van der Waals surface area contributed by atoms with Crippen molar-refractivity contribution in [2.45, 2.75) is 36.6 Å². The molecule has 21 heavy (non-hydrogen) atoms. The number of nitrogens with zero attached hydrogens (tertiary/aromatic N) is 1. The molecule has 0 aromatic heterocycles. The zero-order chi connectivity index (χ0) is 15.8. The lowest BCUT2D eigenvalue weighted by molar-refractivity contribution is -0.147. The van der Waals surface area contributed by atoms with Crippen LogP contribution in [0.1, 0.15) is 26.2 Å². The lowest BCUT2D eigenvalue weighted by Crippen LogP contribution is -2.52. The van der Waals surface area contributed by atoms with Crippen molar-refractivity contribution in [1.82, 2.24) is 4.31 Å². The minimum atomic E-state index is -4.19. The fourth-order valence-corrected chi connectivity index (χ4v) is 4.97. The number of sulfonamides is 1. The number of halogens is 2. The molecule has 0 spiro atoms. The van der Waals surface area contributed by atoms with E-state index in [0.29, 0.717) is 10.9 Å². The van der Waals surface area contributed by atoms with Crippen molar-refractivity contribution in [1.29, 1.82) is 0 Å². The van der Waals surface area contributed by atoms with E-state index in [4.69, 9.17) is 0 Å². The second-order valence-electron chi connectivity index (χ2n) is 4.95. The van der Waals surface area contributed by atoms with Crippen LogP contribution in [0.15, 0.2) is 27.6 Å². The summed E-state index contributed by atoms with van der Waals surface area (Å²) in [7, 11) is -4.19. The summed E-state index contributed by atoms with van der Waals surface area (Å²) < 4.78 is 40.6. The van der Waals surface area contributed by atoms with Gasteiger partial charge in [0.1, 0.15) is 16.3 Å². The van der Waals surface area contributed by atoms with E-state index in [-0.39, 0.29) is 19.4 Å². The van der Waals surface area contributed by atoms with Gasteiger partial charge >= 0.3 is 5.97 Å². The van der Waals surface area contributed by atoms with Crippen LogP contribution < -0.4 is 0 Å². The lowest BCUT2D eigenvalue weighted by Gasteiger charge is -2.32. The predicted octanol–water partition coefficient (Wildman–Crippen LogP) is 2.61. The fourth-order valence-electron chi connectivity index (χ4n) is 2.73. The van der Waals surface area contributed by atoms with Gasteiger partial charge in [0.05, 0.1) is 0 Å². The van der Waals surface area contributed by atoms with Gasteiger partial charge in [-0.25, -0.2) is 12.8 Å². The molecule has 0 amide bonds. The highest BCUT2D eigenvalue weighted by atomic mass is 79.9. The van der Waals surface area contributed by atoms with Gasteiger partial charge in [0.25, 0.3) is 0 Å². The predicted molar refractivity (Wildman–Crippen MR) is 77.9 cm³/mol. The van der Waals surface area contributed by atoms with Crippen molar-refractivity contribution in [3.63, 3.8) is 0 Å². The molecule has 1 fully saturated rings. The molecule has 1 atom stereocenters. The van der Waals surface area contributed by atoms with E-state index < -0.39 is 32.2 Å². The minimum Gasteiger partial charge on any atom is -0.480 e. The second kappa shape index (κ2) is 5.66. The molecule has 8 heteroatoms. The largest absolute Gasteiger partial charge is 0.480 e. The van der Waals surface area contributed by atoms with Gasteiger partial charge < -0.3 is 5.11 Å². The number of rotatable bonds is 4. The molecular formula is C13H15BrFNO4S. The van der Waals surface area contributed by atoms with Crippen molar-refractivity contribution in [3.05, 3.63) is 28.5 Å². The Labute approximate surface area is 130 Å². The Kier molecular flexibility index (Phi) is 4.41. The topological polar surface area (TPSA) is 74.7 Å². The monoisotopic (exact) mass is 379 g/mol. The summed E-state index contributed by atoms with van der Waals surface area (Å²) in [6.45, 7) is 1.71. The third kappa shape index (κ3) is 2.60. The molecule has 0 radical (unpaired) electrons. The van der Waals surface area contributed by atoms with Gasteiger partial charge in [-0.1, -0.05) is 22.9 Å². The molecule has 1 aliphatic heterocycles. The fraction of sp³-hybridized carbons (Fsp3) is 0.462. The third-order valence-electron chi connectivity index (χ3n) is 3.87. The Balaban J connectivity index is 2.55. The van der Waals surface area contributed by atoms with Gasteiger partial charge in [0.15, 0.2) is 0 Å². The molecule has 5 nitrogen and oxygen atoms in total. The van der Waals surface area contributed by atoms with E-state index in [1.807, 2.05) is 0 Å². The smallest absolute Gasteiger partial charge is 0.325 e. The second-order valence-corrected chi connectivity index (χ2v) is 7.69. The molecule has 0 bridgehead atoms. The molecule has 1 aliphatic rings. The van der Waals surface area contributed by atoms with Crippen molar-refractivity contribution < 1.29 is 22.7 Å². The normalized spacial score (nSPS) is 23.4. The zero-order valence-corrected chi connectivity index (χ0v) is 13.7. The molecule has 1 heterocycles. The highest BCUT2D eigenvalue weighted by Gasteiger charge is 2.52. The average Bonchev–Trinajstić information content (AvgIpc) is 2.84. The van der Waals surface area contributed by atoms with Gasteiger partial charge in [-0.05, 0) is 37.5 Å². The highest BCUT2D eigenvalue weighted by Crippen LogP contribution is 2.38. The molecule has 1 aromatic carbocycles. The summed E-state index contributed by atoms with van der Waals surface area (Å²) in [6.07, 6.45) is 0.813. The van der Waals surface area contributed by atoms with Gasteiger partial charge in [-0.2, -0.15) is 4.31 Å². The Morgan fingerprint density at radius 1 is 1.52 bits per heavy atom. The first-order chi connectivity index (χ1) is 9.75. The molecule has 1 unspecified atom stereocenters. The van der Waals surface area contributed by atoms with Gasteiger partial charge in [-0.15, -0.1) is 0 Å². The van der Waals surface area contributed by atoms with E-state index in [2.05, 4.69) is 15.9 Å². The third-order valence-corrected chi connectivity index (χ3v) is 6.37. The molecular weight excluding hydrogens is 365 g/mol. The average molecular weight is 380 g/mol. The van der Waals surface area contributed by atoms with Crippen LogP contribution in [-0.2, 0) is 14.8 Å². The Hall–Kier alpha value is -0.990. The first-order valence-corrected chi connectivity index (χ1v) is 8.70. The molecule has 2 rings (SSSR count). The number of hydrogen-bond acceptors (Lipinski definition) is 3. The summed E-state index contributed by atoms with van der Waals surface area (Å²) >= 11 is 3.06. The molecule has 1 aromatic rings. The lowest BCUT2D eigenvalue weighted by atomic mass is 9.95. The molecule has 1 N–H and O–H groups in total. The summed E-state index contributed by atoms with van der Waals surface area (Å²) in [5.74, 6) is -2.09. The summed E-state index contributed by atoms with van der Waals surface area (Å²) in [5.41, 5.74) is -1.49. The van der Waals surface area contributed by atoms with Crippen LogP contribution in [0.25, 0.3) is 0 Å². The highest BCUT2D eigenvalue weighted by molar-refractivity contribution is 9.10. The number of aliphatic carboxylic acids is 1. The minimum absolute atomic E-state index is 0.0813. The number of carboxylic acids is 1. The van der Waals surface area contributed by atoms with Crippen LogP contribution in [0.2, 0.25) is 0 Å². The van der Waals surface area contributed by atoms with Crippen LogP contribution in [0.4, 0.5) is 4.39 Å². The maximum absolute atomic E-state index is 14.0. The summed E-state index contributed by atoms with van der Waals surface area (Å²) in [5, 5.41) is 9.45. The van der Waals surface area contributed by atoms with E-state index in [1.165, 1.54) is 6.07 Å². The van der Waals surface area contributed by atoms with Gasteiger partial charge in [0.2, 0.25) is 10.0 Å². The Bertz CT molecular complexity index is 679. The molecule has 0 aliphatic carbocycles. The Morgan fingerprint density at radius 3 is 2.71 bits per heavy atom. The Morgan fingerprint density at radius 2 is 2.19 bits per heavy atom.